The molecule has 1 atom stereocenters. The van der Waals surface area contributed by atoms with Gasteiger partial charge in [0.1, 0.15) is 0 Å². The second kappa shape index (κ2) is 9.31. The monoisotopic (exact) mass is 374 g/mol. The molecule has 0 amide bonds. The van der Waals surface area contributed by atoms with Gasteiger partial charge in [0.25, 0.3) is 0 Å². The van der Waals surface area contributed by atoms with Crippen LogP contribution in [-0.4, -0.2) is 69.8 Å². The molecule has 0 spiro atoms. The van der Waals surface area contributed by atoms with Crippen molar-refractivity contribution in [3.05, 3.63) is 23.3 Å². The van der Waals surface area contributed by atoms with Crippen molar-refractivity contribution in [2.45, 2.75) is 32.7 Å². The topological polar surface area (TPSA) is 49.3 Å². The van der Waals surface area contributed by atoms with E-state index in [0.29, 0.717) is 0 Å². The molecule has 0 aliphatic carbocycles. The number of nitrogens with one attached hydrogen (secondary N) is 1. The lowest BCUT2D eigenvalue weighted by atomic mass is 9.99. The second-order valence-electron chi connectivity index (χ2n) is 7.53. The van der Waals surface area contributed by atoms with Crippen molar-refractivity contribution in [3.8, 4) is 11.5 Å². The van der Waals surface area contributed by atoms with E-state index in [1.807, 2.05) is 7.05 Å². The number of ether oxygens (including phenoxy) is 2. The van der Waals surface area contributed by atoms with Crippen LogP contribution in [0.15, 0.2) is 17.1 Å². The van der Waals surface area contributed by atoms with E-state index < -0.39 is 0 Å². The molecule has 1 aromatic rings. The van der Waals surface area contributed by atoms with Crippen LogP contribution in [0.25, 0.3) is 0 Å². The lowest BCUT2D eigenvalue weighted by Gasteiger charge is -2.32. The molecule has 1 saturated heterocycles. The summed E-state index contributed by atoms with van der Waals surface area (Å²) in [6.07, 6.45) is 3.51. The summed E-state index contributed by atoms with van der Waals surface area (Å²) in [6.45, 7) is 8.74. The zero-order valence-corrected chi connectivity index (χ0v) is 17.3. The average molecular weight is 375 g/mol. The molecular formula is C21H34N4O2. The van der Waals surface area contributed by atoms with Gasteiger partial charge in [0.15, 0.2) is 17.5 Å². The number of methoxy groups -OCH3 is 2. The fraction of sp³-hybridized carbons (Fsp3) is 0.667. The highest BCUT2D eigenvalue weighted by atomic mass is 16.5. The Morgan fingerprint density at radius 1 is 1.19 bits per heavy atom. The van der Waals surface area contributed by atoms with Gasteiger partial charge < -0.3 is 24.6 Å². The van der Waals surface area contributed by atoms with E-state index in [1.165, 1.54) is 43.6 Å². The lowest BCUT2D eigenvalue weighted by molar-refractivity contribution is 0.322. The Labute approximate surface area is 163 Å². The van der Waals surface area contributed by atoms with Gasteiger partial charge in [-0.1, -0.05) is 6.92 Å². The SMILES string of the molecule is CCCN1CCC(CNC(=NC)N2CCc3cc(OC)c(OC)cc3C2)C1. The van der Waals surface area contributed by atoms with Crippen molar-refractivity contribution >= 4 is 5.96 Å². The third-order valence-corrected chi connectivity index (χ3v) is 5.69. The van der Waals surface area contributed by atoms with Crippen molar-refractivity contribution in [3.63, 3.8) is 0 Å². The van der Waals surface area contributed by atoms with Crippen LogP contribution in [0.4, 0.5) is 0 Å². The predicted molar refractivity (Wildman–Crippen MR) is 110 cm³/mol. The third-order valence-electron chi connectivity index (χ3n) is 5.69. The van der Waals surface area contributed by atoms with E-state index in [-0.39, 0.29) is 0 Å². The second-order valence-corrected chi connectivity index (χ2v) is 7.53. The summed E-state index contributed by atoms with van der Waals surface area (Å²) in [6, 6.07) is 4.22. The summed E-state index contributed by atoms with van der Waals surface area (Å²) < 4.78 is 10.9. The Morgan fingerprint density at radius 2 is 1.93 bits per heavy atom. The molecule has 3 rings (SSSR count). The molecule has 1 unspecified atom stereocenters. The summed E-state index contributed by atoms with van der Waals surface area (Å²) in [7, 11) is 5.26. The van der Waals surface area contributed by atoms with Gasteiger partial charge in [-0.2, -0.15) is 0 Å². The molecule has 150 valence electrons. The van der Waals surface area contributed by atoms with Crippen molar-refractivity contribution in [1.29, 1.82) is 0 Å². The number of nitrogens with zero attached hydrogens (tertiary/aromatic N) is 3. The maximum atomic E-state index is 5.48. The summed E-state index contributed by atoms with van der Waals surface area (Å²) in [4.78, 5) is 9.45. The van der Waals surface area contributed by atoms with E-state index in [9.17, 15) is 0 Å². The molecule has 2 aliphatic heterocycles. The molecule has 0 bridgehead atoms. The zero-order valence-electron chi connectivity index (χ0n) is 17.3. The first-order valence-corrected chi connectivity index (χ1v) is 10.1. The minimum absolute atomic E-state index is 0.717. The third kappa shape index (κ3) is 4.67. The van der Waals surface area contributed by atoms with Crippen molar-refractivity contribution < 1.29 is 9.47 Å². The average Bonchev–Trinajstić information content (AvgIpc) is 3.15. The summed E-state index contributed by atoms with van der Waals surface area (Å²) in [5.74, 6) is 3.33. The van der Waals surface area contributed by atoms with Crippen LogP contribution in [0, 0.1) is 5.92 Å². The van der Waals surface area contributed by atoms with Crippen LogP contribution in [0.2, 0.25) is 0 Å². The minimum atomic E-state index is 0.717. The van der Waals surface area contributed by atoms with E-state index in [4.69, 9.17) is 9.47 Å². The Balaban J connectivity index is 1.59. The summed E-state index contributed by atoms with van der Waals surface area (Å²) in [5, 5.41) is 3.62. The van der Waals surface area contributed by atoms with Gasteiger partial charge in [0.2, 0.25) is 0 Å². The van der Waals surface area contributed by atoms with Crippen molar-refractivity contribution in [2.75, 3.05) is 54.0 Å². The number of benzene rings is 1. The van der Waals surface area contributed by atoms with Crippen molar-refractivity contribution in [1.82, 2.24) is 15.1 Å². The quantitative estimate of drug-likeness (QED) is 0.612. The van der Waals surface area contributed by atoms with Crippen LogP contribution in [0.5, 0.6) is 11.5 Å². The van der Waals surface area contributed by atoms with Crippen LogP contribution in [-0.2, 0) is 13.0 Å². The van der Waals surface area contributed by atoms with Crippen molar-refractivity contribution in [2.24, 2.45) is 10.9 Å². The Hall–Kier alpha value is -1.95. The molecule has 6 heteroatoms. The molecule has 1 fully saturated rings. The standard InChI is InChI=1S/C21H34N4O2/c1-5-8-24-9-6-16(14-24)13-23-21(22-2)25-10-7-17-11-19(26-3)20(27-4)12-18(17)15-25/h11-12,16H,5-10,13-15H2,1-4H3,(H,22,23). The minimum Gasteiger partial charge on any atom is -0.493 e. The largest absolute Gasteiger partial charge is 0.493 e. The van der Waals surface area contributed by atoms with Crippen LogP contribution in [0.3, 0.4) is 0 Å². The van der Waals surface area contributed by atoms with Gasteiger partial charge in [-0.15, -0.1) is 0 Å². The van der Waals surface area contributed by atoms with Crippen LogP contribution in [0.1, 0.15) is 30.9 Å². The molecule has 2 aliphatic rings. The number of aliphatic imine (C=N–C) groups is 1. The Bertz CT molecular complexity index is 662. The smallest absolute Gasteiger partial charge is 0.193 e. The number of fused-ring (bicyclic) bond motifs is 1. The van der Waals surface area contributed by atoms with Gasteiger partial charge in [-0.3, -0.25) is 4.99 Å². The molecular weight excluding hydrogens is 340 g/mol. The van der Waals surface area contributed by atoms with Gasteiger partial charge in [0.05, 0.1) is 14.2 Å². The first-order valence-electron chi connectivity index (χ1n) is 10.1. The Morgan fingerprint density at radius 3 is 2.59 bits per heavy atom. The lowest BCUT2D eigenvalue weighted by Crippen LogP contribution is -2.45. The van der Waals surface area contributed by atoms with Gasteiger partial charge >= 0.3 is 0 Å². The van der Waals surface area contributed by atoms with Gasteiger partial charge in [-0.25, -0.2) is 0 Å². The van der Waals surface area contributed by atoms with Crippen LogP contribution >= 0.6 is 0 Å². The number of likely N-dealkylation sites (tertiary alicyclic amines) is 1. The fourth-order valence-corrected chi connectivity index (χ4v) is 4.23. The number of hydrogen-bond donors (Lipinski definition) is 1. The highest BCUT2D eigenvalue weighted by molar-refractivity contribution is 5.80. The van der Waals surface area contributed by atoms with Gasteiger partial charge in [0, 0.05) is 33.2 Å². The first-order chi connectivity index (χ1) is 13.2. The molecule has 0 saturated carbocycles. The maximum Gasteiger partial charge on any atom is 0.193 e. The van der Waals surface area contributed by atoms with E-state index >= 15 is 0 Å². The highest BCUT2D eigenvalue weighted by Crippen LogP contribution is 2.33. The summed E-state index contributed by atoms with van der Waals surface area (Å²) in [5.41, 5.74) is 2.63. The molecule has 27 heavy (non-hydrogen) atoms. The highest BCUT2D eigenvalue weighted by Gasteiger charge is 2.24. The Kier molecular flexibility index (Phi) is 6.83. The van der Waals surface area contributed by atoms with E-state index in [1.54, 1.807) is 14.2 Å². The molecule has 0 aromatic heterocycles. The normalized spacial score (nSPS) is 20.5. The fourth-order valence-electron chi connectivity index (χ4n) is 4.23. The maximum absolute atomic E-state index is 5.48. The van der Waals surface area contributed by atoms with Crippen LogP contribution < -0.4 is 14.8 Å². The number of hydrogen-bond acceptors (Lipinski definition) is 4. The molecule has 1 aromatic carbocycles. The van der Waals surface area contributed by atoms with E-state index in [0.717, 1.165) is 49.4 Å². The molecule has 2 heterocycles. The predicted octanol–water partition coefficient (Wildman–Crippen LogP) is 2.37. The molecule has 6 nitrogen and oxygen atoms in total. The zero-order chi connectivity index (χ0) is 19.2. The number of rotatable bonds is 6. The number of guanidine groups is 1. The molecule has 0 radical (unpaired) electrons. The van der Waals surface area contributed by atoms with E-state index in [2.05, 4.69) is 39.2 Å². The van der Waals surface area contributed by atoms with Gasteiger partial charge in [-0.05, 0) is 61.5 Å². The molecule has 1 N–H and O–H groups in total. The first kappa shape index (κ1) is 19.8. The summed E-state index contributed by atoms with van der Waals surface area (Å²) >= 11 is 0.